The first-order valence-electron chi connectivity index (χ1n) is 9.69. The van der Waals surface area contributed by atoms with Gasteiger partial charge in [-0.05, 0) is 49.7 Å². The second kappa shape index (κ2) is 7.35. The number of rotatable bonds is 5. The van der Waals surface area contributed by atoms with E-state index in [0.29, 0.717) is 31.3 Å². The Morgan fingerprint density at radius 1 is 1.11 bits per heavy atom. The van der Waals surface area contributed by atoms with Gasteiger partial charge in [0, 0.05) is 24.3 Å². The zero-order valence-corrected chi connectivity index (χ0v) is 16.1. The van der Waals surface area contributed by atoms with Crippen molar-refractivity contribution in [3.05, 3.63) is 59.7 Å². The molecule has 2 aromatic carbocycles. The summed E-state index contributed by atoms with van der Waals surface area (Å²) in [5.74, 6) is 1.92. The number of benzene rings is 2. The molecule has 4 rings (SSSR count). The molecule has 27 heavy (non-hydrogen) atoms. The fourth-order valence-electron chi connectivity index (χ4n) is 4.76. The lowest BCUT2D eigenvalue weighted by Crippen LogP contribution is -2.46. The van der Waals surface area contributed by atoms with E-state index in [1.54, 1.807) is 7.11 Å². The van der Waals surface area contributed by atoms with Crippen LogP contribution < -0.4 is 9.47 Å². The quantitative estimate of drug-likeness (QED) is 0.804. The number of methoxy groups -OCH3 is 1. The van der Waals surface area contributed by atoms with Gasteiger partial charge in [-0.3, -0.25) is 4.79 Å². The van der Waals surface area contributed by atoms with Gasteiger partial charge in [-0.2, -0.15) is 0 Å². The van der Waals surface area contributed by atoms with Gasteiger partial charge < -0.3 is 14.4 Å². The third-order valence-electron chi connectivity index (χ3n) is 6.33. The highest BCUT2D eigenvalue weighted by molar-refractivity contribution is 5.81. The van der Waals surface area contributed by atoms with Crippen LogP contribution in [0.1, 0.15) is 36.8 Å². The van der Waals surface area contributed by atoms with Crippen molar-refractivity contribution in [1.29, 1.82) is 0 Å². The van der Waals surface area contributed by atoms with Crippen LogP contribution in [0.3, 0.4) is 0 Å². The van der Waals surface area contributed by atoms with E-state index < -0.39 is 0 Å². The summed E-state index contributed by atoms with van der Waals surface area (Å²) in [5.41, 5.74) is 2.45. The molecule has 0 amide bonds. The molecule has 1 aliphatic heterocycles. The van der Waals surface area contributed by atoms with Crippen molar-refractivity contribution in [1.82, 2.24) is 4.90 Å². The molecule has 2 aliphatic rings. The van der Waals surface area contributed by atoms with Gasteiger partial charge in [-0.1, -0.05) is 36.4 Å². The molecule has 0 aromatic heterocycles. The smallest absolute Gasteiger partial charge is 0.161 e. The molecule has 0 N–H and O–H groups in total. The van der Waals surface area contributed by atoms with Crippen molar-refractivity contribution in [3.63, 3.8) is 0 Å². The van der Waals surface area contributed by atoms with E-state index in [9.17, 15) is 4.79 Å². The third-order valence-corrected chi connectivity index (χ3v) is 6.33. The van der Waals surface area contributed by atoms with Crippen LogP contribution in [-0.4, -0.2) is 37.4 Å². The SMILES string of the molecule is COc1cc([C@@]23CCC(=O)C[C@H]2N(C)CC3)ccc1OCc1ccccc1. The fraction of sp³-hybridized carbons (Fsp3) is 0.435. The molecule has 2 atom stereocenters. The normalized spacial score (nSPS) is 25.3. The number of hydrogen-bond acceptors (Lipinski definition) is 4. The van der Waals surface area contributed by atoms with Crippen LogP contribution in [0.5, 0.6) is 11.5 Å². The molecule has 0 radical (unpaired) electrons. The Bertz CT molecular complexity index is 820. The van der Waals surface area contributed by atoms with Gasteiger partial charge in [0.25, 0.3) is 0 Å². The molecule has 1 saturated heterocycles. The number of carbonyl (C=O) groups excluding carboxylic acids is 1. The van der Waals surface area contributed by atoms with Crippen molar-refractivity contribution in [3.8, 4) is 11.5 Å². The van der Waals surface area contributed by atoms with Gasteiger partial charge in [0.1, 0.15) is 12.4 Å². The Balaban J connectivity index is 1.60. The first-order valence-corrected chi connectivity index (χ1v) is 9.69. The lowest BCUT2D eigenvalue weighted by Gasteiger charge is -2.41. The molecule has 0 unspecified atom stereocenters. The first-order chi connectivity index (χ1) is 13.1. The minimum absolute atomic E-state index is 0.0495. The van der Waals surface area contributed by atoms with Gasteiger partial charge in [0.15, 0.2) is 11.5 Å². The monoisotopic (exact) mass is 365 g/mol. The number of hydrogen-bond donors (Lipinski definition) is 0. The summed E-state index contributed by atoms with van der Waals surface area (Å²) >= 11 is 0. The van der Waals surface area contributed by atoms with Crippen molar-refractivity contribution >= 4 is 5.78 Å². The first kappa shape index (κ1) is 18.1. The summed E-state index contributed by atoms with van der Waals surface area (Å²) in [6, 6.07) is 16.8. The number of ether oxygens (including phenoxy) is 2. The van der Waals surface area contributed by atoms with E-state index in [0.717, 1.165) is 36.4 Å². The molecule has 0 spiro atoms. The van der Waals surface area contributed by atoms with Gasteiger partial charge >= 0.3 is 0 Å². The maximum absolute atomic E-state index is 12.1. The summed E-state index contributed by atoms with van der Waals surface area (Å²) < 4.78 is 11.7. The number of likely N-dealkylation sites (tertiary alicyclic amines) is 1. The number of carbonyl (C=O) groups is 1. The molecule has 142 valence electrons. The highest BCUT2D eigenvalue weighted by Gasteiger charge is 2.50. The van der Waals surface area contributed by atoms with Crippen molar-refractivity contribution in [2.24, 2.45) is 0 Å². The van der Waals surface area contributed by atoms with Crippen molar-refractivity contribution in [2.45, 2.75) is 43.7 Å². The highest BCUT2D eigenvalue weighted by Crippen LogP contribution is 2.49. The standard InChI is InChI=1S/C23H27NO3/c1-24-13-12-23(11-10-19(25)15-22(23)24)18-8-9-20(21(14-18)26-2)27-16-17-6-4-3-5-7-17/h3-9,14,22H,10-13,15-16H2,1-2H3/t22-,23+/m1/s1. The fourth-order valence-corrected chi connectivity index (χ4v) is 4.76. The zero-order valence-electron chi connectivity index (χ0n) is 16.1. The number of nitrogens with zero attached hydrogens (tertiary/aromatic N) is 1. The summed E-state index contributed by atoms with van der Waals surface area (Å²) in [7, 11) is 3.83. The number of fused-ring (bicyclic) bond motifs is 1. The Morgan fingerprint density at radius 2 is 1.93 bits per heavy atom. The van der Waals surface area contributed by atoms with Gasteiger partial charge in [-0.25, -0.2) is 0 Å². The van der Waals surface area contributed by atoms with E-state index in [-0.39, 0.29) is 5.41 Å². The van der Waals surface area contributed by atoms with E-state index in [1.807, 2.05) is 24.3 Å². The van der Waals surface area contributed by atoms with Crippen LogP contribution in [0, 0.1) is 0 Å². The van der Waals surface area contributed by atoms with Crippen LogP contribution in [-0.2, 0) is 16.8 Å². The topological polar surface area (TPSA) is 38.8 Å². The second-order valence-electron chi connectivity index (χ2n) is 7.79. The minimum Gasteiger partial charge on any atom is -0.493 e. The van der Waals surface area contributed by atoms with E-state index in [2.05, 4.69) is 36.2 Å². The summed E-state index contributed by atoms with van der Waals surface area (Å²) in [5, 5.41) is 0. The van der Waals surface area contributed by atoms with Crippen molar-refractivity contribution < 1.29 is 14.3 Å². The van der Waals surface area contributed by atoms with Crippen LogP contribution in [0.25, 0.3) is 0 Å². The number of Topliss-reactive ketones (excluding diaryl/α,β-unsaturated/α-hetero) is 1. The maximum atomic E-state index is 12.1. The van der Waals surface area contributed by atoms with Gasteiger partial charge in [0.05, 0.1) is 7.11 Å². The van der Waals surface area contributed by atoms with Crippen LogP contribution in [0.2, 0.25) is 0 Å². The molecule has 2 fully saturated rings. The lowest BCUT2D eigenvalue weighted by atomic mass is 9.66. The van der Waals surface area contributed by atoms with Crippen LogP contribution in [0.4, 0.5) is 0 Å². The Labute approximate surface area is 161 Å². The van der Waals surface area contributed by atoms with Crippen molar-refractivity contribution in [2.75, 3.05) is 20.7 Å². The number of likely N-dealkylation sites (N-methyl/N-ethyl adjacent to an activating group) is 1. The molecule has 2 aromatic rings. The predicted octanol–water partition coefficient (Wildman–Crippen LogP) is 3.97. The Morgan fingerprint density at radius 3 is 2.70 bits per heavy atom. The second-order valence-corrected chi connectivity index (χ2v) is 7.79. The molecule has 1 saturated carbocycles. The van der Waals surface area contributed by atoms with Crippen LogP contribution in [0.15, 0.2) is 48.5 Å². The highest BCUT2D eigenvalue weighted by atomic mass is 16.5. The maximum Gasteiger partial charge on any atom is 0.161 e. The molecule has 4 heteroatoms. The van der Waals surface area contributed by atoms with Crippen LogP contribution >= 0.6 is 0 Å². The lowest BCUT2D eigenvalue weighted by molar-refractivity contribution is -0.122. The van der Waals surface area contributed by atoms with E-state index in [4.69, 9.17) is 9.47 Å². The average Bonchev–Trinajstić information content (AvgIpc) is 3.04. The average molecular weight is 365 g/mol. The third kappa shape index (κ3) is 3.34. The largest absolute Gasteiger partial charge is 0.493 e. The summed E-state index contributed by atoms with van der Waals surface area (Å²) in [6.45, 7) is 1.55. The summed E-state index contributed by atoms with van der Waals surface area (Å²) in [6.07, 6.45) is 3.35. The predicted molar refractivity (Wildman–Crippen MR) is 105 cm³/mol. The summed E-state index contributed by atoms with van der Waals surface area (Å²) in [4.78, 5) is 14.4. The molecule has 0 bridgehead atoms. The van der Waals surface area contributed by atoms with E-state index in [1.165, 1.54) is 5.56 Å². The molecule has 1 aliphatic carbocycles. The van der Waals surface area contributed by atoms with E-state index >= 15 is 0 Å². The van der Waals surface area contributed by atoms with Gasteiger partial charge in [0.2, 0.25) is 0 Å². The zero-order chi connectivity index (χ0) is 18.9. The molecule has 1 heterocycles. The molecular formula is C23H27NO3. The molecule has 4 nitrogen and oxygen atoms in total. The molecular weight excluding hydrogens is 338 g/mol. The number of ketones is 1. The van der Waals surface area contributed by atoms with Gasteiger partial charge in [-0.15, -0.1) is 0 Å². The Kier molecular flexibility index (Phi) is 4.92. The Hall–Kier alpha value is -2.33. The minimum atomic E-state index is 0.0495.